The van der Waals surface area contributed by atoms with Crippen LogP contribution in [0.15, 0.2) is 30.8 Å². The van der Waals surface area contributed by atoms with Gasteiger partial charge in [-0.25, -0.2) is 0 Å². The van der Waals surface area contributed by atoms with Crippen molar-refractivity contribution in [3.8, 4) is 0 Å². The van der Waals surface area contributed by atoms with E-state index in [4.69, 9.17) is 4.74 Å². The van der Waals surface area contributed by atoms with E-state index in [0.29, 0.717) is 13.0 Å². The highest BCUT2D eigenvalue weighted by molar-refractivity contribution is 6.09. The van der Waals surface area contributed by atoms with Gasteiger partial charge in [0.1, 0.15) is 5.54 Å². The second-order valence-corrected chi connectivity index (χ2v) is 6.74. The van der Waals surface area contributed by atoms with Crippen molar-refractivity contribution < 1.29 is 19.1 Å². The van der Waals surface area contributed by atoms with Gasteiger partial charge >= 0.3 is 5.97 Å². The minimum Gasteiger partial charge on any atom is -0.468 e. The molecule has 1 aromatic rings. The van der Waals surface area contributed by atoms with Gasteiger partial charge in [0, 0.05) is 12.6 Å². The zero-order valence-electron chi connectivity index (χ0n) is 15.3. The molecular weight excluding hydrogens is 332 g/mol. The molecule has 0 aromatic heterocycles. The number of rotatable bonds is 5. The normalized spacial score (nSPS) is 30.4. The summed E-state index contributed by atoms with van der Waals surface area (Å²) in [5.74, 6) is -2.42. The number of imide groups is 1. The molecule has 6 heteroatoms. The third kappa shape index (κ3) is 2.40. The van der Waals surface area contributed by atoms with E-state index in [1.54, 1.807) is 13.0 Å². The molecule has 26 heavy (non-hydrogen) atoms. The number of amides is 2. The number of esters is 1. The van der Waals surface area contributed by atoms with Crippen molar-refractivity contribution in [2.24, 2.45) is 11.8 Å². The van der Waals surface area contributed by atoms with Gasteiger partial charge in [0.05, 0.1) is 18.9 Å². The summed E-state index contributed by atoms with van der Waals surface area (Å²) in [6.07, 6.45) is 2.08. The van der Waals surface area contributed by atoms with Crippen LogP contribution < -0.4 is 5.32 Å². The summed E-state index contributed by atoms with van der Waals surface area (Å²) >= 11 is 0. The van der Waals surface area contributed by atoms with Crippen molar-refractivity contribution >= 4 is 23.9 Å². The number of carbonyl (C=O) groups excluding carboxylic acids is 3. The lowest BCUT2D eigenvalue weighted by Gasteiger charge is -2.31. The van der Waals surface area contributed by atoms with Crippen molar-refractivity contribution in [2.75, 3.05) is 13.7 Å². The monoisotopic (exact) mass is 356 g/mol. The molecule has 4 atom stereocenters. The smallest absolute Gasteiger partial charge is 0.326 e. The predicted molar refractivity (Wildman–Crippen MR) is 96.8 cm³/mol. The molecule has 2 amide bonds. The zero-order valence-corrected chi connectivity index (χ0v) is 15.3. The largest absolute Gasteiger partial charge is 0.468 e. The second-order valence-electron chi connectivity index (χ2n) is 6.74. The SMILES string of the molecule is C=Cc1cccc([C@@H]2N[C@](CC)(C(=O)OC)[C@@H]3C(=O)N(CC)C(=O)[C@@H]32)c1. The van der Waals surface area contributed by atoms with Crippen LogP contribution in [-0.4, -0.2) is 41.9 Å². The van der Waals surface area contributed by atoms with Crippen LogP contribution in [0.2, 0.25) is 0 Å². The Labute approximate surface area is 153 Å². The number of likely N-dealkylation sites (tertiary alicyclic amines) is 1. The first-order chi connectivity index (χ1) is 12.4. The Morgan fingerprint density at radius 3 is 2.65 bits per heavy atom. The van der Waals surface area contributed by atoms with Crippen molar-refractivity contribution in [2.45, 2.75) is 31.8 Å². The van der Waals surface area contributed by atoms with Gasteiger partial charge in [-0.3, -0.25) is 24.6 Å². The van der Waals surface area contributed by atoms with Crippen LogP contribution in [0, 0.1) is 11.8 Å². The molecule has 3 rings (SSSR count). The molecule has 0 saturated carbocycles. The van der Waals surface area contributed by atoms with Gasteiger partial charge in [0.15, 0.2) is 0 Å². The van der Waals surface area contributed by atoms with E-state index in [1.165, 1.54) is 12.0 Å². The highest BCUT2D eigenvalue weighted by atomic mass is 16.5. The molecule has 138 valence electrons. The van der Waals surface area contributed by atoms with Crippen LogP contribution in [0.5, 0.6) is 0 Å². The van der Waals surface area contributed by atoms with Crippen LogP contribution in [0.4, 0.5) is 0 Å². The number of carbonyl (C=O) groups is 3. The summed E-state index contributed by atoms with van der Waals surface area (Å²) in [7, 11) is 1.31. The molecule has 2 aliphatic heterocycles. The molecule has 2 aliphatic rings. The van der Waals surface area contributed by atoms with E-state index in [2.05, 4.69) is 11.9 Å². The summed E-state index contributed by atoms with van der Waals surface area (Å²) in [5.41, 5.74) is 0.568. The number of hydrogen-bond acceptors (Lipinski definition) is 5. The molecule has 1 aromatic carbocycles. The molecular formula is C20H24N2O4. The Bertz CT molecular complexity index is 775. The number of benzene rings is 1. The van der Waals surface area contributed by atoms with Gasteiger partial charge in [-0.2, -0.15) is 0 Å². The van der Waals surface area contributed by atoms with Crippen molar-refractivity contribution in [1.29, 1.82) is 0 Å². The summed E-state index contributed by atoms with van der Waals surface area (Å²) in [6.45, 7) is 7.67. The minimum absolute atomic E-state index is 0.233. The van der Waals surface area contributed by atoms with E-state index in [1.807, 2.05) is 31.2 Å². The molecule has 2 heterocycles. The Morgan fingerprint density at radius 1 is 1.35 bits per heavy atom. The Balaban J connectivity index is 2.15. The molecule has 2 saturated heterocycles. The van der Waals surface area contributed by atoms with Crippen molar-refractivity contribution in [1.82, 2.24) is 10.2 Å². The minimum atomic E-state index is -1.20. The summed E-state index contributed by atoms with van der Waals surface area (Å²) < 4.78 is 5.02. The first kappa shape index (κ1) is 18.3. The molecule has 0 bridgehead atoms. The highest BCUT2D eigenvalue weighted by Gasteiger charge is 2.67. The fraction of sp³-hybridized carbons (Fsp3) is 0.450. The Kier molecular flexibility index (Phi) is 4.71. The van der Waals surface area contributed by atoms with E-state index in [-0.39, 0.29) is 11.8 Å². The molecule has 0 radical (unpaired) electrons. The van der Waals surface area contributed by atoms with Gasteiger partial charge in [-0.1, -0.05) is 43.8 Å². The number of methoxy groups -OCH3 is 1. The van der Waals surface area contributed by atoms with Gasteiger partial charge in [0.2, 0.25) is 11.8 Å². The van der Waals surface area contributed by atoms with Crippen LogP contribution in [-0.2, 0) is 19.1 Å². The maximum atomic E-state index is 13.0. The third-order valence-electron chi connectivity index (χ3n) is 5.67. The summed E-state index contributed by atoms with van der Waals surface area (Å²) in [5, 5.41) is 3.30. The zero-order chi connectivity index (χ0) is 19.1. The fourth-order valence-corrected chi connectivity index (χ4v) is 4.38. The molecule has 6 nitrogen and oxygen atoms in total. The quantitative estimate of drug-likeness (QED) is 0.644. The molecule has 2 fully saturated rings. The number of fused-ring (bicyclic) bond motifs is 1. The standard InChI is InChI=1S/C20H24N2O4/c1-5-12-9-8-10-13(11-12)16-14-15(18(24)22(7-3)17(14)23)20(6-2,21-16)19(25)26-4/h5,8-11,14-16,21H,1,6-7H2,2-4H3/t14-,15-,16-,20-/m0/s1. The lowest BCUT2D eigenvalue weighted by atomic mass is 9.78. The number of nitrogens with one attached hydrogen (secondary N) is 1. The first-order valence-corrected chi connectivity index (χ1v) is 8.88. The number of nitrogens with zero attached hydrogens (tertiary/aromatic N) is 1. The Morgan fingerprint density at radius 2 is 2.08 bits per heavy atom. The molecule has 0 unspecified atom stereocenters. The van der Waals surface area contributed by atoms with E-state index in [9.17, 15) is 14.4 Å². The molecule has 0 spiro atoms. The first-order valence-electron chi connectivity index (χ1n) is 8.88. The maximum Gasteiger partial charge on any atom is 0.326 e. The number of hydrogen-bond donors (Lipinski definition) is 1. The number of ether oxygens (including phenoxy) is 1. The fourth-order valence-electron chi connectivity index (χ4n) is 4.38. The summed E-state index contributed by atoms with van der Waals surface area (Å²) in [4.78, 5) is 39.9. The van der Waals surface area contributed by atoms with Gasteiger partial charge in [0.25, 0.3) is 0 Å². The lowest BCUT2D eigenvalue weighted by Crippen LogP contribution is -2.55. The van der Waals surface area contributed by atoms with Crippen LogP contribution in [0.25, 0.3) is 6.08 Å². The van der Waals surface area contributed by atoms with Gasteiger partial charge in [-0.05, 0) is 24.5 Å². The topological polar surface area (TPSA) is 75.7 Å². The average molecular weight is 356 g/mol. The average Bonchev–Trinajstić information content (AvgIpc) is 3.15. The van der Waals surface area contributed by atoms with E-state index in [0.717, 1.165) is 11.1 Å². The van der Waals surface area contributed by atoms with Crippen molar-refractivity contribution in [3.63, 3.8) is 0 Å². The Hall–Kier alpha value is -2.47. The third-order valence-corrected chi connectivity index (χ3v) is 5.67. The molecule has 1 N–H and O–H groups in total. The van der Waals surface area contributed by atoms with Gasteiger partial charge in [-0.15, -0.1) is 0 Å². The van der Waals surface area contributed by atoms with Crippen molar-refractivity contribution in [3.05, 3.63) is 42.0 Å². The van der Waals surface area contributed by atoms with E-state index < -0.39 is 29.4 Å². The molecule has 0 aliphatic carbocycles. The lowest BCUT2D eigenvalue weighted by molar-refractivity contribution is -0.154. The predicted octanol–water partition coefficient (Wildman–Crippen LogP) is 1.92. The van der Waals surface area contributed by atoms with Gasteiger partial charge < -0.3 is 4.74 Å². The van der Waals surface area contributed by atoms with Crippen LogP contribution in [0.1, 0.15) is 37.4 Å². The maximum absolute atomic E-state index is 13.0. The second kappa shape index (κ2) is 6.68. The summed E-state index contributed by atoms with van der Waals surface area (Å²) in [6, 6.07) is 7.18. The highest BCUT2D eigenvalue weighted by Crippen LogP contribution is 2.50. The van der Waals surface area contributed by atoms with E-state index >= 15 is 0 Å². The van der Waals surface area contributed by atoms with Crippen LogP contribution >= 0.6 is 0 Å². The van der Waals surface area contributed by atoms with Crippen LogP contribution in [0.3, 0.4) is 0 Å².